The van der Waals surface area contributed by atoms with E-state index in [9.17, 15) is 0 Å². The summed E-state index contributed by atoms with van der Waals surface area (Å²) < 4.78 is 5.41. The van der Waals surface area contributed by atoms with Gasteiger partial charge in [-0.25, -0.2) is 0 Å². The summed E-state index contributed by atoms with van der Waals surface area (Å²) in [5.74, 6) is 0. The van der Waals surface area contributed by atoms with E-state index in [1.807, 2.05) is 7.11 Å². The molecule has 1 fully saturated rings. The van der Waals surface area contributed by atoms with Crippen molar-refractivity contribution in [2.75, 3.05) is 33.3 Å². The lowest BCUT2D eigenvalue weighted by Gasteiger charge is -2.32. The molecule has 0 aliphatic carbocycles. The number of nitrogens with zero attached hydrogens (tertiary/aromatic N) is 1. The normalized spacial score (nSPS) is 22.6. The van der Waals surface area contributed by atoms with Crippen molar-refractivity contribution in [3.63, 3.8) is 0 Å². The minimum atomic E-state index is 0.416. The Balaban J connectivity index is 2.22. The summed E-state index contributed by atoms with van der Waals surface area (Å²) >= 11 is 0. The molecule has 0 aromatic rings. The van der Waals surface area contributed by atoms with E-state index >= 15 is 0 Å². The summed E-state index contributed by atoms with van der Waals surface area (Å²) in [5.41, 5.74) is 1.27. The zero-order valence-electron chi connectivity index (χ0n) is 11.0. The lowest BCUT2D eigenvalue weighted by molar-refractivity contribution is 0.0346. The van der Waals surface area contributed by atoms with E-state index in [-0.39, 0.29) is 0 Å². The van der Waals surface area contributed by atoms with Gasteiger partial charge in [-0.15, -0.1) is 0 Å². The number of hydrogen-bond acceptors (Lipinski definition) is 3. The molecule has 0 saturated carbocycles. The molecule has 3 nitrogen and oxygen atoms in total. The van der Waals surface area contributed by atoms with Gasteiger partial charge in [0.25, 0.3) is 0 Å². The Morgan fingerprint density at radius 3 is 2.94 bits per heavy atom. The third-order valence-electron chi connectivity index (χ3n) is 3.00. The van der Waals surface area contributed by atoms with Crippen LogP contribution >= 0.6 is 0 Å². The Labute approximate surface area is 99.8 Å². The zero-order chi connectivity index (χ0) is 12.0. The molecule has 94 valence electrons. The lowest BCUT2D eigenvalue weighted by Crippen LogP contribution is -2.41. The molecule has 0 bridgehead atoms. The van der Waals surface area contributed by atoms with Crippen LogP contribution in [0.15, 0.2) is 12.2 Å². The molecule has 0 aromatic heterocycles. The van der Waals surface area contributed by atoms with E-state index in [1.54, 1.807) is 0 Å². The Morgan fingerprint density at radius 1 is 1.56 bits per heavy atom. The van der Waals surface area contributed by atoms with E-state index in [0.717, 1.165) is 19.6 Å². The first-order chi connectivity index (χ1) is 7.61. The van der Waals surface area contributed by atoms with Crippen LogP contribution in [-0.2, 0) is 4.74 Å². The number of likely N-dealkylation sites (tertiary alicyclic amines) is 1. The van der Waals surface area contributed by atoms with Gasteiger partial charge in [0.15, 0.2) is 0 Å². The Kier molecular flexibility index (Phi) is 6.03. The number of hydrogen-bond donors (Lipinski definition) is 1. The van der Waals surface area contributed by atoms with Gasteiger partial charge in [-0.2, -0.15) is 0 Å². The number of piperidine rings is 1. The largest absolute Gasteiger partial charge is 0.380 e. The molecule has 1 aliphatic heterocycles. The average Bonchev–Trinajstić information content (AvgIpc) is 2.26. The zero-order valence-corrected chi connectivity index (χ0v) is 11.0. The molecule has 0 amide bonds. The van der Waals surface area contributed by atoms with Gasteiger partial charge in [-0.3, -0.25) is 4.90 Å². The number of rotatable bonds is 6. The van der Waals surface area contributed by atoms with Crippen LogP contribution in [0.25, 0.3) is 0 Å². The highest BCUT2D eigenvalue weighted by molar-refractivity contribution is 5.00. The molecule has 1 unspecified atom stereocenters. The predicted molar refractivity (Wildman–Crippen MR) is 68.7 cm³/mol. The van der Waals surface area contributed by atoms with Gasteiger partial charge in [0.05, 0.1) is 6.10 Å². The number of methoxy groups -OCH3 is 1. The minimum Gasteiger partial charge on any atom is -0.380 e. The van der Waals surface area contributed by atoms with Gasteiger partial charge >= 0.3 is 0 Å². The molecule has 0 aromatic carbocycles. The maximum atomic E-state index is 5.41. The van der Waals surface area contributed by atoms with Crippen molar-refractivity contribution in [3.05, 3.63) is 12.2 Å². The summed E-state index contributed by atoms with van der Waals surface area (Å²) in [5, 5.41) is 3.40. The van der Waals surface area contributed by atoms with Crippen LogP contribution in [0.5, 0.6) is 0 Å². The molecule has 1 saturated heterocycles. The highest BCUT2D eigenvalue weighted by atomic mass is 16.5. The van der Waals surface area contributed by atoms with E-state index in [4.69, 9.17) is 4.74 Å². The Bertz CT molecular complexity index is 216. The molecule has 3 heteroatoms. The van der Waals surface area contributed by atoms with Crippen LogP contribution in [0.3, 0.4) is 0 Å². The third kappa shape index (κ3) is 5.10. The lowest BCUT2D eigenvalue weighted by atomic mass is 10.1. The molecule has 1 atom stereocenters. The topological polar surface area (TPSA) is 24.5 Å². The van der Waals surface area contributed by atoms with Crippen LogP contribution in [-0.4, -0.2) is 50.3 Å². The fourth-order valence-electron chi connectivity index (χ4n) is 2.07. The van der Waals surface area contributed by atoms with Crippen LogP contribution in [0.4, 0.5) is 0 Å². The monoisotopic (exact) mass is 226 g/mol. The smallest absolute Gasteiger partial charge is 0.0698 e. The second kappa shape index (κ2) is 7.05. The number of nitrogens with one attached hydrogen (secondary N) is 1. The summed E-state index contributed by atoms with van der Waals surface area (Å²) in [7, 11) is 1.81. The Morgan fingerprint density at radius 2 is 2.31 bits per heavy atom. The summed E-state index contributed by atoms with van der Waals surface area (Å²) in [6.07, 6.45) is 2.85. The summed E-state index contributed by atoms with van der Waals surface area (Å²) in [6.45, 7) is 12.6. The molecule has 0 radical (unpaired) electrons. The van der Waals surface area contributed by atoms with Crippen LogP contribution in [0, 0.1) is 0 Å². The quantitative estimate of drug-likeness (QED) is 0.697. The van der Waals surface area contributed by atoms with Crippen molar-refractivity contribution in [1.29, 1.82) is 0 Å². The van der Waals surface area contributed by atoms with Crippen LogP contribution in [0.2, 0.25) is 0 Å². The fraction of sp³-hybridized carbons (Fsp3) is 0.846. The average molecular weight is 226 g/mol. The van der Waals surface area contributed by atoms with E-state index in [1.165, 1.54) is 25.0 Å². The van der Waals surface area contributed by atoms with E-state index < -0.39 is 0 Å². The molecule has 1 rings (SSSR count). The van der Waals surface area contributed by atoms with Crippen LogP contribution in [0.1, 0.15) is 26.7 Å². The van der Waals surface area contributed by atoms with Gasteiger partial charge in [0.2, 0.25) is 0 Å². The molecular weight excluding hydrogens is 200 g/mol. The van der Waals surface area contributed by atoms with Crippen molar-refractivity contribution in [3.8, 4) is 0 Å². The van der Waals surface area contributed by atoms with Gasteiger partial charge < -0.3 is 10.1 Å². The molecule has 1 N–H and O–H groups in total. The fourth-order valence-corrected chi connectivity index (χ4v) is 2.07. The van der Waals surface area contributed by atoms with Crippen LogP contribution < -0.4 is 5.32 Å². The van der Waals surface area contributed by atoms with Gasteiger partial charge in [-0.05, 0) is 25.0 Å². The first-order valence-electron chi connectivity index (χ1n) is 6.27. The summed E-state index contributed by atoms with van der Waals surface area (Å²) in [4.78, 5) is 2.45. The Hall–Kier alpha value is -0.380. The van der Waals surface area contributed by atoms with Gasteiger partial charge in [-0.1, -0.05) is 20.4 Å². The standard InChI is InChI=1S/C13H26N2O/c1-11(2)14-8-12(3)9-15-7-5-6-13(10-15)16-4/h11,13-14H,3,5-10H2,1-2,4H3. The second-order valence-corrected chi connectivity index (χ2v) is 5.02. The molecule has 16 heavy (non-hydrogen) atoms. The van der Waals surface area contributed by atoms with Gasteiger partial charge in [0.1, 0.15) is 0 Å². The van der Waals surface area contributed by atoms with Crippen molar-refractivity contribution >= 4 is 0 Å². The second-order valence-electron chi connectivity index (χ2n) is 5.02. The minimum absolute atomic E-state index is 0.416. The maximum absolute atomic E-state index is 5.41. The summed E-state index contributed by atoms with van der Waals surface area (Å²) in [6, 6.07) is 0.532. The van der Waals surface area contributed by atoms with Crippen molar-refractivity contribution in [1.82, 2.24) is 10.2 Å². The van der Waals surface area contributed by atoms with E-state index in [0.29, 0.717) is 12.1 Å². The highest BCUT2D eigenvalue weighted by Gasteiger charge is 2.19. The first kappa shape index (κ1) is 13.7. The molecule has 1 aliphatic rings. The van der Waals surface area contributed by atoms with Gasteiger partial charge in [0, 0.05) is 32.8 Å². The van der Waals surface area contributed by atoms with Crippen molar-refractivity contribution < 1.29 is 4.74 Å². The molecular formula is C13H26N2O. The van der Waals surface area contributed by atoms with Crippen molar-refractivity contribution in [2.45, 2.75) is 38.8 Å². The molecule has 1 heterocycles. The first-order valence-corrected chi connectivity index (χ1v) is 6.27. The number of ether oxygens (including phenoxy) is 1. The van der Waals surface area contributed by atoms with E-state index in [2.05, 4.69) is 30.6 Å². The van der Waals surface area contributed by atoms with Crippen molar-refractivity contribution in [2.24, 2.45) is 0 Å². The predicted octanol–water partition coefficient (Wildman–Crippen LogP) is 1.65. The third-order valence-corrected chi connectivity index (χ3v) is 3.00. The maximum Gasteiger partial charge on any atom is 0.0698 e. The SMILES string of the molecule is C=C(CNC(C)C)CN1CCCC(OC)C1. The highest BCUT2D eigenvalue weighted by Crippen LogP contribution is 2.13. The molecule has 0 spiro atoms.